The minimum absolute atomic E-state index is 0.0194. The number of ether oxygens (including phenoxy) is 1. The molecule has 0 bridgehead atoms. The Morgan fingerprint density at radius 1 is 1.46 bits per heavy atom. The summed E-state index contributed by atoms with van der Waals surface area (Å²) in [5.74, 6) is -0.681. The predicted molar refractivity (Wildman–Crippen MR) is 42.2 cm³/mol. The molecule has 0 saturated heterocycles. The first kappa shape index (κ1) is 8.98. The van der Waals surface area contributed by atoms with Gasteiger partial charge in [-0.05, 0) is 17.3 Å². The SMILES string of the molecule is O=Nc1ccc(O)c(OC(=O)O)c1. The summed E-state index contributed by atoms with van der Waals surface area (Å²) in [6.45, 7) is 0. The Balaban J connectivity index is 3.03. The first-order chi connectivity index (χ1) is 6.13. The van der Waals surface area contributed by atoms with E-state index in [-0.39, 0.29) is 17.2 Å². The highest BCUT2D eigenvalue weighted by atomic mass is 16.7. The van der Waals surface area contributed by atoms with Crippen LogP contribution in [0.2, 0.25) is 0 Å². The zero-order chi connectivity index (χ0) is 9.84. The number of hydrogen-bond acceptors (Lipinski definition) is 5. The third-order valence-corrected chi connectivity index (χ3v) is 1.25. The summed E-state index contributed by atoms with van der Waals surface area (Å²) in [6.07, 6.45) is -1.57. The second-order valence-corrected chi connectivity index (χ2v) is 2.11. The van der Waals surface area contributed by atoms with Gasteiger partial charge in [0.25, 0.3) is 0 Å². The van der Waals surface area contributed by atoms with Crippen molar-refractivity contribution in [1.29, 1.82) is 0 Å². The summed E-state index contributed by atoms with van der Waals surface area (Å²) in [6, 6.07) is 3.38. The number of aromatic hydroxyl groups is 1. The van der Waals surface area contributed by atoms with E-state index >= 15 is 0 Å². The number of carbonyl (C=O) groups is 1. The molecule has 13 heavy (non-hydrogen) atoms. The number of rotatable bonds is 2. The van der Waals surface area contributed by atoms with E-state index in [0.717, 1.165) is 12.1 Å². The van der Waals surface area contributed by atoms with Crippen molar-refractivity contribution in [1.82, 2.24) is 0 Å². The molecule has 0 radical (unpaired) electrons. The van der Waals surface area contributed by atoms with Crippen molar-refractivity contribution in [3.8, 4) is 11.5 Å². The molecule has 0 aromatic heterocycles. The van der Waals surface area contributed by atoms with Gasteiger partial charge in [0, 0.05) is 6.07 Å². The van der Waals surface area contributed by atoms with Gasteiger partial charge in [-0.25, -0.2) is 4.79 Å². The second kappa shape index (κ2) is 3.53. The lowest BCUT2D eigenvalue weighted by molar-refractivity contribution is 0.143. The average Bonchev–Trinajstić information content (AvgIpc) is 2.08. The number of nitrogens with zero attached hydrogens (tertiary/aromatic N) is 1. The largest absolute Gasteiger partial charge is 0.511 e. The molecule has 0 spiro atoms. The van der Waals surface area contributed by atoms with Gasteiger partial charge in [-0.3, -0.25) is 0 Å². The van der Waals surface area contributed by atoms with Crippen LogP contribution in [0.4, 0.5) is 10.5 Å². The lowest BCUT2D eigenvalue weighted by Gasteiger charge is -2.01. The molecule has 0 aliphatic rings. The Morgan fingerprint density at radius 3 is 2.69 bits per heavy atom. The normalized spacial score (nSPS) is 9.23. The number of phenols is 1. The van der Waals surface area contributed by atoms with Crippen LogP contribution in [0, 0.1) is 4.91 Å². The van der Waals surface area contributed by atoms with Crippen LogP contribution in [-0.2, 0) is 0 Å². The minimum Gasteiger partial charge on any atom is -0.504 e. The van der Waals surface area contributed by atoms with Crippen molar-refractivity contribution in [2.45, 2.75) is 0 Å². The summed E-state index contributed by atoms with van der Waals surface area (Å²) in [5, 5.41) is 19.8. The van der Waals surface area contributed by atoms with Crippen molar-refractivity contribution in [3.63, 3.8) is 0 Å². The van der Waals surface area contributed by atoms with E-state index in [1.165, 1.54) is 6.07 Å². The first-order valence-electron chi connectivity index (χ1n) is 3.20. The maximum atomic E-state index is 10.1. The Labute approximate surface area is 72.4 Å². The van der Waals surface area contributed by atoms with Gasteiger partial charge in [-0.15, -0.1) is 4.91 Å². The van der Waals surface area contributed by atoms with E-state index < -0.39 is 6.16 Å². The van der Waals surface area contributed by atoms with E-state index in [2.05, 4.69) is 9.91 Å². The Hall–Kier alpha value is -2.11. The van der Waals surface area contributed by atoms with Crippen molar-refractivity contribution in [3.05, 3.63) is 23.1 Å². The topological polar surface area (TPSA) is 96.2 Å². The molecule has 0 saturated carbocycles. The van der Waals surface area contributed by atoms with Crippen molar-refractivity contribution >= 4 is 11.8 Å². The Bertz CT molecular complexity index is 349. The highest BCUT2D eigenvalue weighted by Gasteiger charge is 2.07. The molecule has 0 aliphatic carbocycles. The standard InChI is InChI=1S/C7H5NO5/c9-5-2-1-4(8-12)3-6(5)13-7(10)11/h1-3,9H,(H,10,11). The third kappa shape index (κ3) is 2.16. The number of carboxylic acid groups (broad SMARTS) is 1. The molecular formula is C7H5NO5. The lowest BCUT2D eigenvalue weighted by atomic mass is 10.3. The van der Waals surface area contributed by atoms with E-state index in [1.807, 2.05) is 0 Å². The highest BCUT2D eigenvalue weighted by Crippen LogP contribution is 2.30. The van der Waals surface area contributed by atoms with E-state index in [9.17, 15) is 9.70 Å². The molecule has 6 nitrogen and oxygen atoms in total. The monoisotopic (exact) mass is 183 g/mol. The molecule has 0 aliphatic heterocycles. The Kier molecular flexibility index (Phi) is 2.44. The van der Waals surface area contributed by atoms with Crippen LogP contribution in [0.15, 0.2) is 23.4 Å². The summed E-state index contributed by atoms with van der Waals surface area (Å²) in [4.78, 5) is 20.1. The van der Waals surface area contributed by atoms with Gasteiger partial charge >= 0.3 is 6.16 Å². The highest BCUT2D eigenvalue weighted by molar-refractivity contribution is 5.64. The summed E-state index contributed by atoms with van der Waals surface area (Å²) < 4.78 is 4.16. The fourth-order valence-corrected chi connectivity index (χ4v) is 0.735. The van der Waals surface area contributed by atoms with Crippen molar-refractivity contribution < 1.29 is 19.7 Å². The second-order valence-electron chi connectivity index (χ2n) is 2.11. The lowest BCUT2D eigenvalue weighted by Crippen LogP contribution is -2.02. The Morgan fingerprint density at radius 2 is 2.15 bits per heavy atom. The maximum absolute atomic E-state index is 10.1. The summed E-state index contributed by atoms with van der Waals surface area (Å²) in [5.41, 5.74) is -0.0194. The quantitative estimate of drug-likeness (QED) is 0.414. The van der Waals surface area contributed by atoms with Gasteiger partial charge < -0.3 is 14.9 Å². The number of phenolic OH excluding ortho intramolecular Hbond substituents is 1. The summed E-state index contributed by atoms with van der Waals surface area (Å²) >= 11 is 0. The minimum atomic E-state index is -1.57. The zero-order valence-electron chi connectivity index (χ0n) is 6.30. The van der Waals surface area contributed by atoms with E-state index in [4.69, 9.17) is 10.2 Å². The molecule has 1 aromatic rings. The van der Waals surface area contributed by atoms with Crippen LogP contribution >= 0.6 is 0 Å². The van der Waals surface area contributed by atoms with Crippen LogP contribution in [0.5, 0.6) is 11.5 Å². The number of hydrogen-bond donors (Lipinski definition) is 2. The van der Waals surface area contributed by atoms with E-state index in [0.29, 0.717) is 0 Å². The van der Waals surface area contributed by atoms with Gasteiger partial charge in [0.15, 0.2) is 11.5 Å². The molecule has 0 atom stereocenters. The smallest absolute Gasteiger partial charge is 0.504 e. The maximum Gasteiger partial charge on any atom is 0.511 e. The molecule has 2 N–H and O–H groups in total. The molecule has 0 fully saturated rings. The van der Waals surface area contributed by atoms with Crippen LogP contribution in [0.3, 0.4) is 0 Å². The molecule has 0 amide bonds. The molecule has 0 heterocycles. The average molecular weight is 183 g/mol. The van der Waals surface area contributed by atoms with Crippen molar-refractivity contribution in [2.24, 2.45) is 5.18 Å². The third-order valence-electron chi connectivity index (χ3n) is 1.25. The van der Waals surface area contributed by atoms with E-state index in [1.54, 1.807) is 0 Å². The van der Waals surface area contributed by atoms with Crippen LogP contribution in [0.1, 0.15) is 0 Å². The first-order valence-corrected chi connectivity index (χ1v) is 3.20. The fourth-order valence-electron chi connectivity index (χ4n) is 0.735. The molecule has 1 rings (SSSR count). The van der Waals surface area contributed by atoms with Gasteiger partial charge in [0.1, 0.15) is 5.69 Å². The molecule has 68 valence electrons. The number of nitroso groups, excluding NO2 is 1. The van der Waals surface area contributed by atoms with Crippen LogP contribution in [0.25, 0.3) is 0 Å². The van der Waals surface area contributed by atoms with Gasteiger partial charge in [-0.2, -0.15) is 0 Å². The molecular weight excluding hydrogens is 178 g/mol. The molecule has 1 aromatic carbocycles. The van der Waals surface area contributed by atoms with Gasteiger partial charge in [-0.1, -0.05) is 0 Å². The fraction of sp³-hybridized carbons (Fsp3) is 0. The predicted octanol–water partition coefficient (Wildman–Crippen LogP) is 1.85. The van der Waals surface area contributed by atoms with Gasteiger partial charge in [0.05, 0.1) is 0 Å². The molecule has 6 heteroatoms. The van der Waals surface area contributed by atoms with Crippen molar-refractivity contribution in [2.75, 3.05) is 0 Å². The summed E-state index contributed by atoms with van der Waals surface area (Å²) in [7, 11) is 0. The molecule has 0 unspecified atom stereocenters. The van der Waals surface area contributed by atoms with Crippen LogP contribution < -0.4 is 4.74 Å². The zero-order valence-corrected chi connectivity index (χ0v) is 6.30. The van der Waals surface area contributed by atoms with Crippen LogP contribution in [-0.4, -0.2) is 16.4 Å². The number of benzene rings is 1. The van der Waals surface area contributed by atoms with Gasteiger partial charge in [0.2, 0.25) is 0 Å².